The summed E-state index contributed by atoms with van der Waals surface area (Å²) in [7, 11) is 0. The Morgan fingerprint density at radius 3 is 2.27 bits per heavy atom. The van der Waals surface area contributed by atoms with Crippen molar-refractivity contribution < 1.29 is 4.42 Å². The second kappa shape index (κ2) is 4.26. The van der Waals surface area contributed by atoms with Gasteiger partial charge in [0.2, 0.25) is 0 Å². The van der Waals surface area contributed by atoms with Crippen molar-refractivity contribution in [1.82, 2.24) is 0 Å². The lowest BCUT2D eigenvalue weighted by Gasteiger charge is -1.94. The van der Waals surface area contributed by atoms with Gasteiger partial charge >= 0.3 is 12.0 Å². The van der Waals surface area contributed by atoms with Gasteiger partial charge in [0, 0.05) is 11.6 Å². The van der Waals surface area contributed by atoms with Crippen LogP contribution < -0.4 is 0 Å². The summed E-state index contributed by atoms with van der Waals surface area (Å²) in [6.45, 7) is 4.21. The molecule has 1 aromatic carbocycles. The monoisotopic (exact) mass is 199 g/mol. The van der Waals surface area contributed by atoms with Gasteiger partial charge in [-0.15, -0.1) is 0 Å². The first kappa shape index (κ1) is 9.91. The Bertz CT molecular complexity index is 426. The highest BCUT2D eigenvalue weighted by Crippen LogP contribution is 2.20. The molecule has 2 aromatic rings. The van der Waals surface area contributed by atoms with Crippen LogP contribution in [0, 0.1) is 6.92 Å². The van der Waals surface area contributed by atoms with Crippen LogP contribution in [0.5, 0.6) is 0 Å². The first-order valence-corrected chi connectivity index (χ1v) is 5.27. The van der Waals surface area contributed by atoms with E-state index < -0.39 is 0 Å². The Balaban J connectivity index is 2.33. The molecule has 0 fully saturated rings. The lowest BCUT2D eigenvalue weighted by molar-refractivity contribution is 0.558. The van der Waals surface area contributed by atoms with E-state index in [-0.39, 0.29) is 0 Å². The van der Waals surface area contributed by atoms with E-state index in [9.17, 15) is 0 Å². The lowest BCUT2D eigenvalue weighted by Crippen LogP contribution is -1.81. The predicted octanol–water partition coefficient (Wildman–Crippen LogP) is 4.10. The van der Waals surface area contributed by atoms with E-state index in [1.807, 2.05) is 12.3 Å². The molecule has 1 nitrogen and oxygen atoms in total. The Morgan fingerprint density at radius 2 is 1.73 bits per heavy atom. The van der Waals surface area contributed by atoms with Crippen molar-refractivity contribution in [2.45, 2.75) is 20.3 Å². The standard InChI is InChI=1S/C14H15O/c1-3-12-6-9-14(15-10-12)13-7-4-11(2)5-8-13/h4-10H,3H2,1-2H3/q+1. The zero-order valence-corrected chi connectivity index (χ0v) is 9.16. The fourth-order valence-corrected chi connectivity index (χ4v) is 1.48. The van der Waals surface area contributed by atoms with Crippen LogP contribution in [0.2, 0.25) is 0 Å². The van der Waals surface area contributed by atoms with Crippen LogP contribution >= 0.6 is 0 Å². The molecule has 1 aromatic heterocycles. The SMILES string of the molecule is CCc1ccc(-c2ccc(C)cc2)[o+]c1. The van der Waals surface area contributed by atoms with Crippen LogP contribution in [0.1, 0.15) is 18.1 Å². The molecular formula is C14H15O+. The summed E-state index contributed by atoms with van der Waals surface area (Å²) in [4.78, 5) is 0. The van der Waals surface area contributed by atoms with Crippen molar-refractivity contribution >= 4 is 0 Å². The zero-order valence-electron chi connectivity index (χ0n) is 9.16. The van der Waals surface area contributed by atoms with E-state index >= 15 is 0 Å². The molecule has 1 heteroatoms. The highest BCUT2D eigenvalue weighted by molar-refractivity contribution is 5.57. The molecule has 15 heavy (non-hydrogen) atoms. The Hall–Kier alpha value is -1.63. The van der Waals surface area contributed by atoms with Crippen molar-refractivity contribution in [3.63, 3.8) is 0 Å². The summed E-state index contributed by atoms with van der Waals surface area (Å²) in [5.41, 5.74) is 3.62. The lowest BCUT2D eigenvalue weighted by atomic mass is 10.1. The van der Waals surface area contributed by atoms with Crippen LogP contribution in [0.3, 0.4) is 0 Å². The zero-order chi connectivity index (χ0) is 10.7. The molecule has 0 saturated heterocycles. The number of rotatable bonds is 2. The molecule has 0 spiro atoms. The minimum atomic E-state index is 0.923. The molecule has 76 valence electrons. The average Bonchev–Trinajstić information content (AvgIpc) is 2.30. The van der Waals surface area contributed by atoms with Crippen molar-refractivity contribution in [3.05, 3.63) is 53.8 Å². The summed E-state index contributed by atoms with van der Waals surface area (Å²) in [6.07, 6.45) is 2.84. The maximum atomic E-state index is 5.58. The van der Waals surface area contributed by atoms with Gasteiger partial charge in [-0.05, 0) is 31.5 Å². The Labute approximate surface area is 90.4 Å². The highest BCUT2D eigenvalue weighted by atomic mass is 16.3. The molecule has 0 radical (unpaired) electrons. The second-order valence-electron chi connectivity index (χ2n) is 3.73. The Kier molecular flexibility index (Phi) is 2.82. The predicted molar refractivity (Wildman–Crippen MR) is 62.7 cm³/mol. The minimum Gasteiger partial charge on any atom is -0.215 e. The summed E-state index contributed by atoms with van der Waals surface area (Å²) in [5, 5.41) is 0. The van der Waals surface area contributed by atoms with Gasteiger partial charge in [0.1, 0.15) is 0 Å². The quantitative estimate of drug-likeness (QED) is 0.663. The summed E-state index contributed by atoms with van der Waals surface area (Å²) in [6, 6.07) is 12.5. The number of hydrogen-bond donors (Lipinski definition) is 0. The van der Waals surface area contributed by atoms with Gasteiger partial charge in [0.25, 0.3) is 0 Å². The molecule has 0 aliphatic carbocycles. The van der Waals surface area contributed by atoms with Crippen molar-refractivity contribution in [1.29, 1.82) is 0 Å². The molecule has 0 saturated carbocycles. The van der Waals surface area contributed by atoms with Gasteiger partial charge in [-0.3, -0.25) is 0 Å². The van der Waals surface area contributed by atoms with E-state index in [0.717, 1.165) is 17.7 Å². The first-order valence-electron chi connectivity index (χ1n) is 5.27. The van der Waals surface area contributed by atoms with Crippen molar-refractivity contribution in [2.24, 2.45) is 0 Å². The van der Waals surface area contributed by atoms with Gasteiger partial charge in [-0.1, -0.05) is 24.6 Å². The molecule has 0 aliphatic heterocycles. The van der Waals surface area contributed by atoms with E-state index in [2.05, 4.69) is 44.2 Å². The topological polar surface area (TPSA) is 11.3 Å². The van der Waals surface area contributed by atoms with Gasteiger partial charge in [-0.2, -0.15) is 0 Å². The normalized spacial score (nSPS) is 10.3. The third kappa shape index (κ3) is 2.24. The fraction of sp³-hybridized carbons (Fsp3) is 0.214. The van der Waals surface area contributed by atoms with Crippen LogP contribution in [0.15, 0.2) is 47.1 Å². The highest BCUT2D eigenvalue weighted by Gasteiger charge is 2.09. The summed E-state index contributed by atoms with van der Waals surface area (Å²) >= 11 is 0. The van der Waals surface area contributed by atoms with E-state index in [1.54, 1.807) is 0 Å². The third-order valence-electron chi connectivity index (χ3n) is 2.53. The fourth-order valence-electron chi connectivity index (χ4n) is 1.48. The van der Waals surface area contributed by atoms with Crippen LogP contribution in [0.25, 0.3) is 11.3 Å². The maximum absolute atomic E-state index is 5.58. The maximum Gasteiger partial charge on any atom is 0.359 e. The van der Waals surface area contributed by atoms with E-state index in [4.69, 9.17) is 4.42 Å². The summed E-state index contributed by atoms with van der Waals surface area (Å²) in [5.74, 6) is 0.923. The Morgan fingerprint density at radius 1 is 1.00 bits per heavy atom. The molecule has 0 bridgehead atoms. The minimum absolute atomic E-state index is 0.923. The average molecular weight is 199 g/mol. The van der Waals surface area contributed by atoms with Gasteiger partial charge in [0.15, 0.2) is 0 Å². The first-order chi connectivity index (χ1) is 7.29. The molecule has 2 rings (SSSR count). The van der Waals surface area contributed by atoms with Crippen LogP contribution in [-0.2, 0) is 6.42 Å². The summed E-state index contributed by atoms with van der Waals surface area (Å²) < 4.78 is 5.58. The second-order valence-corrected chi connectivity index (χ2v) is 3.73. The number of aryl methyl sites for hydroxylation is 2. The van der Waals surface area contributed by atoms with E-state index in [0.29, 0.717) is 0 Å². The third-order valence-corrected chi connectivity index (χ3v) is 2.53. The number of benzene rings is 1. The molecule has 0 atom stereocenters. The number of hydrogen-bond acceptors (Lipinski definition) is 0. The molecule has 0 unspecified atom stereocenters. The molecule has 0 aliphatic rings. The largest absolute Gasteiger partial charge is 0.359 e. The molecule has 0 N–H and O–H groups in total. The molecular weight excluding hydrogens is 184 g/mol. The van der Waals surface area contributed by atoms with Crippen molar-refractivity contribution in [2.75, 3.05) is 0 Å². The van der Waals surface area contributed by atoms with Crippen LogP contribution in [-0.4, -0.2) is 0 Å². The van der Waals surface area contributed by atoms with Gasteiger partial charge in [-0.25, -0.2) is 4.42 Å². The van der Waals surface area contributed by atoms with Crippen LogP contribution in [0.4, 0.5) is 0 Å². The smallest absolute Gasteiger partial charge is 0.215 e. The molecule has 0 amide bonds. The molecule has 1 heterocycles. The van der Waals surface area contributed by atoms with Gasteiger partial charge < -0.3 is 0 Å². The van der Waals surface area contributed by atoms with E-state index in [1.165, 1.54) is 11.1 Å². The van der Waals surface area contributed by atoms with Crippen molar-refractivity contribution in [3.8, 4) is 11.3 Å². The van der Waals surface area contributed by atoms with Gasteiger partial charge in [0.05, 0.1) is 5.56 Å².